The summed E-state index contributed by atoms with van der Waals surface area (Å²) in [5, 5.41) is 4.73. The molecule has 2 fully saturated rings. The topological polar surface area (TPSA) is 17.3 Å². The van der Waals surface area contributed by atoms with Crippen LogP contribution in [-0.2, 0) is 6.54 Å². The fourth-order valence-corrected chi connectivity index (χ4v) is 3.28. The van der Waals surface area contributed by atoms with Gasteiger partial charge in [0.25, 0.3) is 0 Å². The Balaban J connectivity index is 1.58. The molecule has 0 bridgehead atoms. The first kappa shape index (κ1) is 13.1. The quantitative estimate of drug-likeness (QED) is 0.810. The Morgan fingerprint density at radius 3 is 2.42 bits per heavy atom. The summed E-state index contributed by atoms with van der Waals surface area (Å²) in [6.07, 6.45) is 8.02. The van der Waals surface area contributed by atoms with E-state index >= 15 is 0 Å². The van der Waals surface area contributed by atoms with Crippen LogP contribution in [0.25, 0.3) is 0 Å². The molecule has 0 N–H and O–H groups in total. The fraction of sp³-hybridized carbons (Fsp3) is 0.647. The predicted octanol–water partition coefficient (Wildman–Crippen LogP) is 3.50. The van der Waals surface area contributed by atoms with E-state index in [0.29, 0.717) is 6.04 Å². The molecular weight excluding hydrogens is 232 g/mol. The average molecular weight is 257 g/mol. The van der Waals surface area contributed by atoms with E-state index in [2.05, 4.69) is 29.2 Å². The van der Waals surface area contributed by atoms with Crippen LogP contribution in [0.4, 0.5) is 0 Å². The van der Waals surface area contributed by atoms with Crippen molar-refractivity contribution >= 4 is 0 Å². The number of nitrogens with zero attached hydrogens (tertiary/aromatic N) is 2. The molecule has 0 aliphatic carbocycles. The highest BCUT2D eigenvalue weighted by molar-refractivity contribution is 5.25. The molecule has 2 heterocycles. The van der Waals surface area contributed by atoms with Crippen LogP contribution >= 0.6 is 0 Å². The van der Waals surface area contributed by atoms with Crippen LogP contribution in [0.3, 0.4) is 0 Å². The van der Waals surface area contributed by atoms with Crippen molar-refractivity contribution < 1.29 is 0 Å². The second-order valence-electron chi connectivity index (χ2n) is 6.00. The molecular formula is C17H25N2. The third kappa shape index (κ3) is 3.58. The molecule has 1 aromatic rings. The molecule has 1 radical (unpaired) electrons. The van der Waals surface area contributed by atoms with Crippen LogP contribution in [0.15, 0.2) is 24.3 Å². The molecule has 2 aliphatic heterocycles. The van der Waals surface area contributed by atoms with Crippen molar-refractivity contribution in [2.24, 2.45) is 0 Å². The van der Waals surface area contributed by atoms with Gasteiger partial charge in [-0.2, -0.15) is 0 Å². The number of hydrogen-bond acceptors (Lipinski definition) is 1. The predicted molar refractivity (Wildman–Crippen MR) is 79.2 cm³/mol. The van der Waals surface area contributed by atoms with Gasteiger partial charge in [-0.05, 0) is 49.9 Å². The molecule has 0 amide bonds. The molecule has 103 valence electrons. The molecule has 0 aromatic heterocycles. The molecule has 0 spiro atoms. The van der Waals surface area contributed by atoms with E-state index in [1.165, 1.54) is 62.7 Å². The normalized spacial score (nSPS) is 25.4. The number of piperidine rings is 2. The van der Waals surface area contributed by atoms with Gasteiger partial charge >= 0.3 is 0 Å². The molecule has 19 heavy (non-hydrogen) atoms. The van der Waals surface area contributed by atoms with Crippen molar-refractivity contribution in [1.82, 2.24) is 10.2 Å². The van der Waals surface area contributed by atoms with Crippen molar-refractivity contribution in [2.75, 3.05) is 19.6 Å². The van der Waals surface area contributed by atoms with E-state index in [4.69, 9.17) is 5.32 Å². The Hall–Kier alpha value is -0.860. The zero-order valence-corrected chi connectivity index (χ0v) is 11.9. The average Bonchev–Trinajstić information content (AvgIpc) is 2.50. The smallest absolute Gasteiger partial charge is 0.0495 e. The van der Waals surface area contributed by atoms with Crippen molar-refractivity contribution in [2.45, 2.75) is 51.1 Å². The zero-order chi connectivity index (χ0) is 12.9. The van der Waals surface area contributed by atoms with Gasteiger partial charge in [0.15, 0.2) is 0 Å². The minimum Gasteiger partial charge on any atom is -0.299 e. The van der Waals surface area contributed by atoms with Crippen molar-refractivity contribution in [3.63, 3.8) is 0 Å². The van der Waals surface area contributed by atoms with Gasteiger partial charge in [0.05, 0.1) is 0 Å². The first-order chi connectivity index (χ1) is 9.42. The molecule has 1 atom stereocenters. The van der Waals surface area contributed by atoms with Gasteiger partial charge in [0, 0.05) is 19.1 Å². The molecule has 0 saturated carbocycles. The Labute approximate surface area is 117 Å². The SMILES string of the molecule is c1cc(C2CCCC[N]2)ccc1CN1CCCCC1. The summed E-state index contributed by atoms with van der Waals surface area (Å²) in [5.41, 5.74) is 2.88. The lowest BCUT2D eigenvalue weighted by molar-refractivity contribution is 0.221. The molecule has 2 saturated heterocycles. The maximum Gasteiger partial charge on any atom is 0.0495 e. The highest BCUT2D eigenvalue weighted by Gasteiger charge is 2.16. The first-order valence-electron chi connectivity index (χ1n) is 7.89. The summed E-state index contributed by atoms with van der Waals surface area (Å²) in [6.45, 7) is 4.74. The molecule has 2 nitrogen and oxygen atoms in total. The Bertz CT molecular complexity index is 373. The van der Waals surface area contributed by atoms with Crippen molar-refractivity contribution in [3.8, 4) is 0 Å². The van der Waals surface area contributed by atoms with Crippen LogP contribution in [0.1, 0.15) is 55.7 Å². The van der Waals surface area contributed by atoms with E-state index in [1.807, 2.05) is 0 Å². The van der Waals surface area contributed by atoms with Crippen LogP contribution < -0.4 is 5.32 Å². The highest BCUT2D eigenvalue weighted by Crippen LogP contribution is 2.24. The Morgan fingerprint density at radius 1 is 0.947 bits per heavy atom. The zero-order valence-electron chi connectivity index (χ0n) is 11.9. The summed E-state index contributed by atoms with van der Waals surface area (Å²) >= 11 is 0. The van der Waals surface area contributed by atoms with E-state index in [0.717, 1.165) is 13.1 Å². The lowest BCUT2D eigenvalue weighted by Crippen LogP contribution is -2.29. The summed E-state index contributed by atoms with van der Waals surface area (Å²) < 4.78 is 0. The number of benzene rings is 1. The minimum absolute atomic E-state index is 0.470. The fourth-order valence-electron chi connectivity index (χ4n) is 3.28. The maximum atomic E-state index is 4.73. The summed E-state index contributed by atoms with van der Waals surface area (Å²) in [5.74, 6) is 0. The third-order valence-electron chi connectivity index (χ3n) is 4.45. The summed E-state index contributed by atoms with van der Waals surface area (Å²) in [4.78, 5) is 2.59. The summed E-state index contributed by atoms with van der Waals surface area (Å²) in [6, 6.07) is 9.71. The lowest BCUT2D eigenvalue weighted by Gasteiger charge is -2.27. The molecule has 2 aliphatic rings. The van der Waals surface area contributed by atoms with E-state index in [-0.39, 0.29) is 0 Å². The second-order valence-corrected chi connectivity index (χ2v) is 6.00. The monoisotopic (exact) mass is 257 g/mol. The van der Waals surface area contributed by atoms with Gasteiger partial charge < -0.3 is 0 Å². The second kappa shape index (κ2) is 6.53. The van der Waals surface area contributed by atoms with Crippen LogP contribution in [0.2, 0.25) is 0 Å². The number of likely N-dealkylation sites (tertiary alicyclic amines) is 1. The van der Waals surface area contributed by atoms with Gasteiger partial charge in [-0.25, -0.2) is 5.32 Å². The van der Waals surface area contributed by atoms with Crippen LogP contribution in [0, 0.1) is 0 Å². The van der Waals surface area contributed by atoms with Gasteiger partial charge in [0.2, 0.25) is 0 Å². The molecule has 2 heteroatoms. The molecule has 3 rings (SSSR count). The van der Waals surface area contributed by atoms with E-state index in [9.17, 15) is 0 Å². The van der Waals surface area contributed by atoms with Gasteiger partial charge in [-0.3, -0.25) is 4.90 Å². The number of rotatable bonds is 3. The largest absolute Gasteiger partial charge is 0.299 e. The van der Waals surface area contributed by atoms with E-state index < -0.39 is 0 Å². The number of hydrogen-bond donors (Lipinski definition) is 0. The third-order valence-corrected chi connectivity index (χ3v) is 4.45. The minimum atomic E-state index is 0.470. The Kier molecular flexibility index (Phi) is 4.52. The van der Waals surface area contributed by atoms with Crippen molar-refractivity contribution in [3.05, 3.63) is 35.4 Å². The lowest BCUT2D eigenvalue weighted by atomic mass is 9.96. The Morgan fingerprint density at radius 2 is 1.74 bits per heavy atom. The highest BCUT2D eigenvalue weighted by atomic mass is 15.1. The van der Waals surface area contributed by atoms with Gasteiger partial charge in [0.1, 0.15) is 0 Å². The van der Waals surface area contributed by atoms with Gasteiger partial charge in [-0.1, -0.05) is 37.1 Å². The maximum absolute atomic E-state index is 4.73. The standard InChI is InChI=1S/C17H25N2/c1-4-12-19(13-5-1)14-15-7-9-16(10-8-15)17-6-2-3-11-18-17/h7-10,17H,1-6,11-14H2. The van der Waals surface area contributed by atoms with Crippen molar-refractivity contribution in [1.29, 1.82) is 0 Å². The van der Waals surface area contributed by atoms with Gasteiger partial charge in [-0.15, -0.1) is 0 Å². The molecule has 1 aromatic carbocycles. The van der Waals surface area contributed by atoms with E-state index in [1.54, 1.807) is 0 Å². The summed E-state index contributed by atoms with van der Waals surface area (Å²) in [7, 11) is 0. The van der Waals surface area contributed by atoms with Crippen LogP contribution in [0.5, 0.6) is 0 Å². The molecule has 1 unspecified atom stereocenters. The van der Waals surface area contributed by atoms with Crippen LogP contribution in [-0.4, -0.2) is 24.5 Å². The first-order valence-corrected chi connectivity index (χ1v) is 7.89.